The molecular weight excluding hydrogens is 276 g/mol. The Morgan fingerprint density at radius 1 is 1.23 bits per heavy atom. The van der Waals surface area contributed by atoms with Crippen LogP contribution < -0.4 is 5.32 Å². The second kappa shape index (κ2) is 4.60. The van der Waals surface area contributed by atoms with E-state index in [1.54, 1.807) is 0 Å². The van der Waals surface area contributed by atoms with Gasteiger partial charge in [0.1, 0.15) is 6.17 Å². The van der Waals surface area contributed by atoms with Gasteiger partial charge in [0.2, 0.25) is 0 Å². The van der Waals surface area contributed by atoms with E-state index in [0.29, 0.717) is 6.04 Å². The number of aryl methyl sites for hydroxylation is 2. The summed E-state index contributed by atoms with van der Waals surface area (Å²) in [5.74, 6) is 0.129. The standard InChI is InChI=1S/C17H20N4O/c1-10-15(11(2)20(3)19-10)16-18-14-7-5-4-6-13(14)17(22)21(16)12-8-9-12/h4-7,12,16,18H,8-9H2,1-3H3/t16-/m0/s1. The first-order valence-corrected chi connectivity index (χ1v) is 7.76. The van der Waals surface area contributed by atoms with E-state index >= 15 is 0 Å². The Bertz CT molecular complexity index is 760. The molecular formula is C17H20N4O. The quantitative estimate of drug-likeness (QED) is 0.927. The first-order chi connectivity index (χ1) is 10.6. The largest absolute Gasteiger partial charge is 0.361 e. The maximum Gasteiger partial charge on any atom is 0.258 e. The molecule has 1 aliphatic carbocycles. The van der Waals surface area contributed by atoms with Gasteiger partial charge in [0.15, 0.2) is 0 Å². The Morgan fingerprint density at radius 2 is 1.95 bits per heavy atom. The van der Waals surface area contributed by atoms with Gasteiger partial charge in [-0.2, -0.15) is 5.10 Å². The third kappa shape index (κ3) is 1.85. The summed E-state index contributed by atoms with van der Waals surface area (Å²) in [6.45, 7) is 4.08. The van der Waals surface area contributed by atoms with E-state index < -0.39 is 0 Å². The summed E-state index contributed by atoms with van der Waals surface area (Å²) in [7, 11) is 1.95. The minimum atomic E-state index is -0.122. The van der Waals surface area contributed by atoms with Crippen molar-refractivity contribution < 1.29 is 4.79 Å². The van der Waals surface area contributed by atoms with Crippen LogP contribution in [0.2, 0.25) is 0 Å². The number of nitrogens with zero attached hydrogens (tertiary/aromatic N) is 3. The van der Waals surface area contributed by atoms with E-state index in [9.17, 15) is 4.79 Å². The van der Waals surface area contributed by atoms with Crippen molar-refractivity contribution in [3.63, 3.8) is 0 Å². The fraction of sp³-hybridized carbons (Fsp3) is 0.412. The number of hydrogen-bond donors (Lipinski definition) is 1. The van der Waals surface area contributed by atoms with Gasteiger partial charge in [-0.3, -0.25) is 9.48 Å². The highest BCUT2D eigenvalue weighted by Gasteiger charge is 2.43. The maximum atomic E-state index is 13.0. The van der Waals surface area contributed by atoms with Gasteiger partial charge in [-0.25, -0.2) is 0 Å². The number of nitrogens with one attached hydrogen (secondary N) is 1. The Morgan fingerprint density at radius 3 is 2.59 bits per heavy atom. The van der Waals surface area contributed by atoms with Crippen LogP contribution in [0.5, 0.6) is 0 Å². The van der Waals surface area contributed by atoms with E-state index in [1.165, 1.54) is 0 Å². The molecule has 2 aliphatic rings. The van der Waals surface area contributed by atoms with Gasteiger partial charge >= 0.3 is 0 Å². The lowest BCUT2D eigenvalue weighted by molar-refractivity contribution is 0.0665. The van der Waals surface area contributed by atoms with Crippen molar-refractivity contribution in [3.05, 3.63) is 46.8 Å². The van der Waals surface area contributed by atoms with Crippen LogP contribution in [-0.2, 0) is 7.05 Å². The number of fused-ring (bicyclic) bond motifs is 1. The topological polar surface area (TPSA) is 50.2 Å². The zero-order valence-electron chi connectivity index (χ0n) is 13.1. The molecule has 1 amide bonds. The number of rotatable bonds is 2. The van der Waals surface area contributed by atoms with Crippen molar-refractivity contribution in [1.29, 1.82) is 0 Å². The van der Waals surface area contributed by atoms with Crippen molar-refractivity contribution in [2.75, 3.05) is 5.32 Å². The molecule has 114 valence electrons. The second-order valence-corrected chi connectivity index (χ2v) is 6.24. The average molecular weight is 296 g/mol. The summed E-state index contributed by atoms with van der Waals surface area (Å²) in [4.78, 5) is 15.0. The molecule has 4 rings (SSSR count). The number of amides is 1. The second-order valence-electron chi connectivity index (χ2n) is 6.24. The summed E-state index contributed by atoms with van der Waals surface area (Å²) in [5, 5.41) is 8.08. The van der Waals surface area contributed by atoms with Crippen LogP contribution in [-0.4, -0.2) is 26.6 Å². The number of aromatic nitrogens is 2. The highest BCUT2D eigenvalue weighted by molar-refractivity contribution is 6.02. The van der Waals surface area contributed by atoms with Crippen molar-refractivity contribution in [1.82, 2.24) is 14.7 Å². The molecule has 1 aliphatic heterocycles. The molecule has 22 heavy (non-hydrogen) atoms. The summed E-state index contributed by atoms with van der Waals surface area (Å²) in [5.41, 5.74) is 4.89. The predicted molar refractivity (Wildman–Crippen MR) is 84.7 cm³/mol. The Labute approximate surface area is 129 Å². The molecule has 1 saturated carbocycles. The third-order valence-electron chi connectivity index (χ3n) is 4.74. The van der Waals surface area contributed by atoms with E-state index in [1.807, 2.05) is 47.8 Å². The van der Waals surface area contributed by atoms with Crippen LogP contribution in [0.15, 0.2) is 24.3 Å². The molecule has 2 heterocycles. The lowest BCUT2D eigenvalue weighted by atomic mass is 10.0. The number of carbonyl (C=O) groups excluding carboxylic acids is 1. The van der Waals surface area contributed by atoms with Crippen molar-refractivity contribution >= 4 is 11.6 Å². The first-order valence-electron chi connectivity index (χ1n) is 7.76. The highest BCUT2D eigenvalue weighted by Crippen LogP contribution is 2.41. The van der Waals surface area contributed by atoms with Crippen LogP contribution in [0.4, 0.5) is 5.69 Å². The summed E-state index contributed by atoms with van der Waals surface area (Å²) in [6.07, 6.45) is 2.05. The van der Waals surface area contributed by atoms with Crippen LogP contribution >= 0.6 is 0 Å². The van der Waals surface area contributed by atoms with Gasteiger partial charge in [-0.1, -0.05) is 12.1 Å². The monoisotopic (exact) mass is 296 g/mol. The molecule has 2 aromatic rings. The predicted octanol–water partition coefficient (Wildman–Crippen LogP) is 2.77. The van der Waals surface area contributed by atoms with Crippen molar-refractivity contribution in [2.24, 2.45) is 7.05 Å². The molecule has 0 spiro atoms. The number of hydrogen-bond acceptors (Lipinski definition) is 3. The number of carbonyl (C=O) groups is 1. The highest BCUT2D eigenvalue weighted by atomic mass is 16.2. The molecule has 0 saturated heterocycles. The maximum absolute atomic E-state index is 13.0. The average Bonchev–Trinajstić information content (AvgIpc) is 3.28. The van der Waals surface area contributed by atoms with E-state index in [0.717, 1.165) is 41.0 Å². The zero-order valence-corrected chi connectivity index (χ0v) is 13.1. The lowest BCUT2D eigenvalue weighted by Gasteiger charge is -2.38. The van der Waals surface area contributed by atoms with Crippen molar-refractivity contribution in [2.45, 2.75) is 38.9 Å². The molecule has 5 nitrogen and oxygen atoms in total. The van der Waals surface area contributed by atoms with Gasteiger partial charge in [0.25, 0.3) is 5.91 Å². The van der Waals surface area contributed by atoms with E-state index in [2.05, 4.69) is 17.3 Å². The SMILES string of the molecule is Cc1nn(C)c(C)c1[C@H]1Nc2ccccc2C(=O)N1C1CC1. The number of para-hydroxylation sites is 1. The molecule has 0 bridgehead atoms. The van der Waals surface area contributed by atoms with Crippen LogP contribution in [0.25, 0.3) is 0 Å². The lowest BCUT2D eigenvalue weighted by Crippen LogP contribution is -2.44. The molecule has 0 unspecified atom stereocenters. The van der Waals surface area contributed by atoms with Gasteiger partial charge in [-0.05, 0) is 38.8 Å². The molecule has 1 aromatic heterocycles. The summed E-state index contributed by atoms with van der Waals surface area (Å²) >= 11 is 0. The normalized spacial score (nSPS) is 20.8. The molecule has 0 radical (unpaired) electrons. The molecule has 5 heteroatoms. The fourth-order valence-electron chi connectivity index (χ4n) is 3.39. The van der Waals surface area contributed by atoms with Gasteiger partial charge in [0.05, 0.1) is 11.3 Å². The van der Waals surface area contributed by atoms with Gasteiger partial charge < -0.3 is 10.2 Å². The third-order valence-corrected chi connectivity index (χ3v) is 4.74. The Balaban J connectivity index is 1.86. The minimum absolute atomic E-state index is 0.122. The van der Waals surface area contributed by atoms with Crippen molar-refractivity contribution in [3.8, 4) is 0 Å². The van der Waals surface area contributed by atoms with Crippen LogP contribution in [0, 0.1) is 13.8 Å². The number of anilines is 1. The molecule has 1 aromatic carbocycles. The minimum Gasteiger partial charge on any atom is -0.361 e. The molecule has 1 N–H and O–H groups in total. The van der Waals surface area contributed by atoms with E-state index in [4.69, 9.17) is 0 Å². The fourth-order valence-corrected chi connectivity index (χ4v) is 3.39. The van der Waals surface area contributed by atoms with Crippen LogP contribution in [0.3, 0.4) is 0 Å². The summed E-state index contributed by atoms with van der Waals surface area (Å²) < 4.78 is 1.89. The number of benzene rings is 1. The summed E-state index contributed by atoms with van der Waals surface area (Å²) in [6, 6.07) is 8.11. The first kappa shape index (κ1) is 13.4. The van der Waals surface area contributed by atoms with E-state index in [-0.39, 0.29) is 12.1 Å². The van der Waals surface area contributed by atoms with Crippen LogP contribution in [0.1, 0.15) is 46.3 Å². The van der Waals surface area contributed by atoms with Gasteiger partial charge in [0, 0.05) is 30.0 Å². The Hall–Kier alpha value is -2.30. The molecule has 1 atom stereocenters. The Kier molecular flexibility index (Phi) is 2.79. The smallest absolute Gasteiger partial charge is 0.258 e. The zero-order chi connectivity index (χ0) is 15.4. The van der Waals surface area contributed by atoms with Gasteiger partial charge in [-0.15, -0.1) is 0 Å². The molecule has 1 fully saturated rings.